The lowest BCUT2D eigenvalue weighted by Gasteiger charge is -2.11. The molecule has 0 aliphatic rings. The summed E-state index contributed by atoms with van der Waals surface area (Å²) in [7, 11) is -3.96. The van der Waals surface area contributed by atoms with Gasteiger partial charge >= 0.3 is 0 Å². The Morgan fingerprint density at radius 1 is 1.07 bits per heavy atom. The Bertz CT molecular complexity index is 1210. The van der Waals surface area contributed by atoms with E-state index < -0.39 is 15.9 Å². The normalized spacial score (nSPS) is 11.5. The van der Waals surface area contributed by atoms with Crippen molar-refractivity contribution in [3.8, 4) is 0 Å². The maximum atomic E-state index is 12.8. The van der Waals surface area contributed by atoms with Crippen molar-refractivity contribution in [1.82, 2.24) is 10.2 Å². The number of hydrogen-bond acceptors (Lipinski definition) is 4. The molecule has 0 aliphatic carbocycles. The van der Waals surface area contributed by atoms with Gasteiger partial charge in [0.15, 0.2) is 5.82 Å². The van der Waals surface area contributed by atoms with Crippen LogP contribution in [0.4, 0.5) is 11.5 Å². The second-order valence-corrected chi connectivity index (χ2v) is 9.53. The number of anilines is 2. The molecule has 0 saturated carbocycles. The van der Waals surface area contributed by atoms with Gasteiger partial charge in [-0.15, -0.1) is 0 Å². The van der Waals surface area contributed by atoms with Gasteiger partial charge in [0.25, 0.3) is 15.9 Å². The van der Waals surface area contributed by atoms with Crippen LogP contribution in [0, 0.1) is 6.92 Å². The number of carbonyl (C=O) groups excluding carboxylic acids is 1. The zero-order valence-corrected chi connectivity index (χ0v) is 18.8. The van der Waals surface area contributed by atoms with Crippen LogP contribution in [-0.4, -0.2) is 24.5 Å². The summed E-state index contributed by atoms with van der Waals surface area (Å²) in [5.74, 6) is -0.0424. The number of aromatic nitrogens is 2. The first-order valence-corrected chi connectivity index (χ1v) is 11.3. The highest BCUT2D eigenvalue weighted by Crippen LogP contribution is 2.26. The average molecular weight is 467 g/mol. The van der Waals surface area contributed by atoms with Crippen molar-refractivity contribution in [3.63, 3.8) is 0 Å². The van der Waals surface area contributed by atoms with Crippen molar-refractivity contribution in [1.29, 1.82) is 0 Å². The standard InChI is InChI=1S/C20H20Cl2N4O3S/c1-11(2)18-10-19(25-24-18)23-20(27)15-9-14(6-7-16(15)21)30(28,29)26-13-5-4-12(3)17(22)8-13/h4-11,26H,1-3H3,(H2,23,24,25,27). The number of carbonyl (C=O) groups is 1. The Morgan fingerprint density at radius 2 is 1.80 bits per heavy atom. The molecule has 0 aliphatic heterocycles. The van der Waals surface area contributed by atoms with Crippen molar-refractivity contribution in [2.45, 2.75) is 31.6 Å². The molecule has 0 fully saturated rings. The van der Waals surface area contributed by atoms with Gasteiger partial charge in [-0.2, -0.15) is 5.10 Å². The van der Waals surface area contributed by atoms with E-state index in [2.05, 4.69) is 20.2 Å². The van der Waals surface area contributed by atoms with Crippen molar-refractivity contribution in [2.75, 3.05) is 10.0 Å². The van der Waals surface area contributed by atoms with E-state index in [0.29, 0.717) is 16.5 Å². The van der Waals surface area contributed by atoms with E-state index in [9.17, 15) is 13.2 Å². The number of aryl methyl sites for hydroxylation is 1. The first kappa shape index (κ1) is 22.1. The number of hydrogen-bond donors (Lipinski definition) is 3. The van der Waals surface area contributed by atoms with E-state index in [-0.39, 0.29) is 21.4 Å². The second-order valence-electron chi connectivity index (χ2n) is 7.03. The molecule has 0 unspecified atom stereocenters. The van der Waals surface area contributed by atoms with E-state index in [1.54, 1.807) is 18.2 Å². The van der Waals surface area contributed by atoms with E-state index in [1.807, 2.05) is 20.8 Å². The SMILES string of the molecule is Cc1ccc(NS(=O)(=O)c2ccc(Cl)c(C(=O)Nc3cc(C(C)C)[nH]n3)c2)cc1Cl. The van der Waals surface area contributed by atoms with E-state index in [0.717, 1.165) is 11.3 Å². The van der Waals surface area contributed by atoms with Crippen LogP contribution in [0.3, 0.4) is 0 Å². The molecule has 0 radical (unpaired) electrons. The summed E-state index contributed by atoms with van der Waals surface area (Å²) >= 11 is 12.2. The summed E-state index contributed by atoms with van der Waals surface area (Å²) in [5.41, 5.74) is 2.00. The van der Waals surface area contributed by atoms with Crippen LogP contribution in [0.15, 0.2) is 47.4 Å². The minimum Gasteiger partial charge on any atom is -0.305 e. The highest BCUT2D eigenvalue weighted by Gasteiger charge is 2.20. The zero-order valence-electron chi connectivity index (χ0n) is 16.5. The Balaban J connectivity index is 1.85. The Kier molecular flexibility index (Phi) is 6.40. The van der Waals surface area contributed by atoms with Crippen LogP contribution in [-0.2, 0) is 10.0 Å². The number of sulfonamides is 1. The predicted molar refractivity (Wildman–Crippen MR) is 119 cm³/mol. The maximum absolute atomic E-state index is 12.8. The summed E-state index contributed by atoms with van der Waals surface area (Å²) in [6.45, 7) is 5.78. The monoisotopic (exact) mass is 466 g/mol. The molecule has 3 aromatic rings. The third-order valence-electron chi connectivity index (χ3n) is 4.38. The van der Waals surface area contributed by atoms with E-state index in [1.165, 1.54) is 24.3 Å². The van der Waals surface area contributed by atoms with Crippen LogP contribution >= 0.6 is 23.2 Å². The summed E-state index contributed by atoms with van der Waals surface area (Å²) in [6, 6.07) is 10.4. The number of rotatable bonds is 6. The molecular weight excluding hydrogens is 447 g/mol. The Morgan fingerprint density at radius 3 is 2.43 bits per heavy atom. The largest absolute Gasteiger partial charge is 0.305 e. The Hall–Kier alpha value is -2.55. The number of halogens is 2. The van der Waals surface area contributed by atoms with Gasteiger partial charge < -0.3 is 5.32 Å². The summed E-state index contributed by atoms with van der Waals surface area (Å²) in [4.78, 5) is 12.5. The molecule has 2 aromatic carbocycles. The lowest BCUT2D eigenvalue weighted by molar-refractivity contribution is 0.102. The topological polar surface area (TPSA) is 104 Å². The molecule has 3 N–H and O–H groups in total. The first-order chi connectivity index (χ1) is 14.1. The molecular formula is C20H20Cl2N4O3S. The third-order valence-corrected chi connectivity index (χ3v) is 6.49. The van der Waals surface area contributed by atoms with Gasteiger partial charge in [0, 0.05) is 16.8 Å². The zero-order chi connectivity index (χ0) is 22.1. The number of nitrogens with one attached hydrogen (secondary N) is 3. The molecule has 30 heavy (non-hydrogen) atoms. The van der Waals surface area contributed by atoms with Crippen LogP contribution in [0.2, 0.25) is 10.0 Å². The molecule has 10 heteroatoms. The van der Waals surface area contributed by atoms with Crippen LogP contribution in [0.25, 0.3) is 0 Å². The molecule has 158 valence electrons. The van der Waals surface area contributed by atoms with Gasteiger partial charge in [0.2, 0.25) is 0 Å². The summed E-state index contributed by atoms with van der Waals surface area (Å²) in [6.07, 6.45) is 0. The summed E-state index contributed by atoms with van der Waals surface area (Å²) < 4.78 is 28.0. The van der Waals surface area contributed by atoms with Gasteiger partial charge in [-0.1, -0.05) is 43.1 Å². The van der Waals surface area contributed by atoms with Crippen molar-refractivity contribution in [3.05, 3.63) is 69.3 Å². The van der Waals surface area contributed by atoms with Crippen molar-refractivity contribution in [2.24, 2.45) is 0 Å². The van der Waals surface area contributed by atoms with Crippen LogP contribution in [0.5, 0.6) is 0 Å². The maximum Gasteiger partial charge on any atom is 0.261 e. The van der Waals surface area contributed by atoms with Gasteiger partial charge in [-0.05, 0) is 48.7 Å². The Labute approximate surface area is 184 Å². The quantitative estimate of drug-likeness (QED) is 0.464. The molecule has 0 spiro atoms. The fourth-order valence-electron chi connectivity index (χ4n) is 2.60. The first-order valence-electron chi connectivity index (χ1n) is 9.02. The summed E-state index contributed by atoms with van der Waals surface area (Å²) in [5, 5.41) is 10.0. The highest BCUT2D eigenvalue weighted by molar-refractivity contribution is 7.92. The van der Waals surface area contributed by atoms with E-state index >= 15 is 0 Å². The molecule has 3 rings (SSSR count). The second kappa shape index (κ2) is 8.67. The van der Waals surface area contributed by atoms with Crippen LogP contribution in [0.1, 0.15) is 41.4 Å². The molecule has 1 heterocycles. The minimum absolute atomic E-state index is 0.00979. The lowest BCUT2D eigenvalue weighted by Crippen LogP contribution is -2.16. The van der Waals surface area contributed by atoms with Gasteiger partial charge in [0.1, 0.15) is 0 Å². The lowest BCUT2D eigenvalue weighted by atomic mass is 10.1. The number of amides is 1. The predicted octanol–water partition coefficient (Wildman–Crippen LogP) is 5.20. The highest BCUT2D eigenvalue weighted by atomic mass is 35.5. The molecule has 0 atom stereocenters. The number of H-pyrrole nitrogens is 1. The number of benzene rings is 2. The molecule has 7 nitrogen and oxygen atoms in total. The van der Waals surface area contributed by atoms with Gasteiger partial charge in [0.05, 0.1) is 21.2 Å². The smallest absolute Gasteiger partial charge is 0.261 e. The van der Waals surface area contributed by atoms with Gasteiger partial charge in [-0.3, -0.25) is 14.6 Å². The van der Waals surface area contributed by atoms with Crippen molar-refractivity contribution >= 4 is 50.6 Å². The van der Waals surface area contributed by atoms with E-state index in [4.69, 9.17) is 23.2 Å². The molecule has 1 aromatic heterocycles. The fraction of sp³-hybridized carbons (Fsp3) is 0.200. The molecule has 1 amide bonds. The minimum atomic E-state index is -3.96. The van der Waals surface area contributed by atoms with Gasteiger partial charge in [-0.25, -0.2) is 8.42 Å². The average Bonchev–Trinajstić information content (AvgIpc) is 3.13. The number of aromatic amines is 1. The third kappa shape index (κ3) is 4.95. The molecule has 0 bridgehead atoms. The fourth-order valence-corrected chi connectivity index (χ4v) is 4.06. The van der Waals surface area contributed by atoms with Crippen molar-refractivity contribution < 1.29 is 13.2 Å². The molecule has 0 saturated heterocycles. The van der Waals surface area contributed by atoms with Crippen LogP contribution < -0.4 is 10.0 Å². The number of nitrogens with zero attached hydrogens (tertiary/aromatic N) is 1.